The number of halogens is 1. The number of carbonyl (C=O) groups excluding carboxylic acids is 3. The fourth-order valence-corrected chi connectivity index (χ4v) is 7.62. The number of hydrogen-bond acceptors (Lipinski definition) is 6. The predicted molar refractivity (Wildman–Crippen MR) is 151 cm³/mol. The van der Waals surface area contributed by atoms with E-state index in [0.717, 1.165) is 12.8 Å². The van der Waals surface area contributed by atoms with Gasteiger partial charge in [-0.15, -0.1) is 13.2 Å². The highest BCUT2D eigenvalue weighted by molar-refractivity contribution is 9.09. The van der Waals surface area contributed by atoms with Crippen LogP contribution in [0.1, 0.15) is 51.1 Å². The highest BCUT2D eigenvalue weighted by atomic mass is 79.9. The van der Waals surface area contributed by atoms with Crippen molar-refractivity contribution in [2.75, 3.05) is 19.8 Å². The summed E-state index contributed by atoms with van der Waals surface area (Å²) >= 11 is 3.69. The number of alkyl halides is 1. The van der Waals surface area contributed by atoms with Crippen LogP contribution in [0.5, 0.6) is 0 Å². The third-order valence-corrected chi connectivity index (χ3v) is 9.18. The topological polar surface area (TPSA) is 96.4 Å². The van der Waals surface area contributed by atoms with Gasteiger partial charge in [0.15, 0.2) is 0 Å². The van der Waals surface area contributed by atoms with E-state index >= 15 is 0 Å². The van der Waals surface area contributed by atoms with E-state index in [-0.39, 0.29) is 35.9 Å². The molecule has 3 heterocycles. The van der Waals surface area contributed by atoms with Crippen LogP contribution in [0.4, 0.5) is 0 Å². The van der Waals surface area contributed by atoms with Gasteiger partial charge in [-0.3, -0.25) is 14.4 Å². The van der Waals surface area contributed by atoms with Gasteiger partial charge >= 0.3 is 5.97 Å². The lowest BCUT2D eigenvalue weighted by Crippen LogP contribution is -2.58. The lowest BCUT2D eigenvalue weighted by Gasteiger charge is -2.41. The van der Waals surface area contributed by atoms with Crippen molar-refractivity contribution in [3.8, 4) is 0 Å². The van der Waals surface area contributed by atoms with Crippen molar-refractivity contribution in [3.05, 3.63) is 61.2 Å². The molecule has 4 unspecified atom stereocenters. The molecule has 1 aromatic rings. The maximum atomic E-state index is 14.6. The highest BCUT2D eigenvalue weighted by Crippen LogP contribution is 2.61. The highest BCUT2D eigenvalue weighted by Gasteiger charge is 2.77. The maximum absolute atomic E-state index is 14.6. The standard InChI is InChI=1S/C30H39BrN2O6/c1-5-8-16-38-29(37)23-24-27(35)33(22(18-34)20-13-10-9-11-14-20)26(30(24)17-21(31)25(23)39-30)28(36)32(15-7-3)19(4)12-6-2/h5,7,9-11,13-14,19,21-26,34H,1,3,6,8,12,15-18H2,2,4H3/t19?,21?,22-,23+,24+,25+,26?,30?/m1/s1. The van der Waals surface area contributed by atoms with Gasteiger partial charge in [-0.2, -0.15) is 0 Å². The molecule has 1 aromatic carbocycles. The second kappa shape index (κ2) is 12.4. The number of aliphatic hydroxyl groups is 1. The first-order valence-corrected chi connectivity index (χ1v) is 14.7. The zero-order valence-corrected chi connectivity index (χ0v) is 24.3. The number of benzene rings is 1. The Balaban J connectivity index is 1.83. The normalized spacial score (nSPS) is 30.5. The molecule has 0 radical (unpaired) electrons. The molecule has 212 valence electrons. The molecule has 3 aliphatic rings. The Labute approximate surface area is 239 Å². The molecule has 0 aromatic heterocycles. The fourth-order valence-electron chi connectivity index (χ4n) is 6.68. The first-order valence-electron chi connectivity index (χ1n) is 13.8. The SMILES string of the molecule is C=CCCOC(=O)[C@H]1[C@H]2C(=O)N([C@H](CO)c3ccccc3)C(C(=O)N(CC=C)C(C)CCC)C23CC(Br)[C@@H]1O3. The number of rotatable bonds is 13. The van der Waals surface area contributed by atoms with E-state index in [2.05, 4.69) is 36.0 Å². The zero-order valence-electron chi connectivity index (χ0n) is 22.7. The molecular weight excluding hydrogens is 564 g/mol. The Hall–Kier alpha value is -2.49. The number of amides is 2. The summed E-state index contributed by atoms with van der Waals surface area (Å²) < 4.78 is 12.1. The average molecular weight is 604 g/mol. The molecule has 3 aliphatic heterocycles. The van der Waals surface area contributed by atoms with E-state index < -0.39 is 41.6 Å². The molecule has 9 heteroatoms. The van der Waals surface area contributed by atoms with Gasteiger partial charge in [0.05, 0.1) is 37.2 Å². The van der Waals surface area contributed by atoms with Crippen molar-refractivity contribution >= 4 is 33.7 Å². The molecule has 1 spiro atoms. The molecule has 8 nitrogen and oxygen atoms in total. The fraction of sp³-hybridized carbons (Fsp3) is 0.567. The Bertz CT molecular complexity index is 1080. The first kappa shape index (κ1) is 29.5. The van der Waals surface area contributed by atoms with Crippen LogP contribution < -0.4 is 0 Å². The van der Waals surface area contributed by atoms with Gasteiger partial charge in [0.1, 0.15) is 11.6 Å². The minimum atomic E-state index is -1.23. The van der Waals surface area contributed by atoms with Crippen LogP contribution in [0.2, 0.25) is 0 Å². The Morgan fingerprint density at radius 1 is 1.31 bits per heavy atom. The van der Waals surface area contributed by atoms with E-state index in [1.807, 2.05) is 37.3 Å². The van der Waals surface area contributed by atoms with Crippen LogP contribution in [0.3, 0.4) is 0 Å². The third kappa shape index (κ3) is 5.09. The van der Waals surface area contributed by atoms with Gasteiger partial charge in [-0.05, 0) is 31.7 Å². The molecule has 2 amide bonds. The van der Waals surface area contributed by atoms with Gasteiger partial charge in [0, 0.05) is 17.4 Å². The lowest BCUT2D eigenvalue weighted by atomic mass is 9.70. The minimum Gasteiger partial charge on any atom is -0.465 e. The number of aliphatic hydroxyl groups excluding tert-OH is 1. The first-order chi connectivity index (χ1) is 18.8. The van der Waals surface area contributed by atoms with E-state index in [4.69, 9.17) is 9.47 Å². The summed E-state index contributed by atoms with van der Waals surface area (Å²) in [6.07, 6.45) is 5.28. The summed E-state index contributed by atoms with van der Waals surface area (Å²) in [6.45, 7) is 11.7. The van der Waals surface area contributed by atoms with E-state index in [1.165, 1.54) is 4.90 Å². The summed E-state index contributed by atoms with van der Waals surface area (Å²) in [5.74, 6) is -2.91. The largest absolute Gasteiger partial charge is 0.465 e. The van der Waals surface area contributed by atoms with Gasteiger partial charge in [0.25, 0.3) is 0 Å². The summed E-state index contributed by atoms with van der Waals surface area (Å²) in [6, 6.07) is 7.26. The molecule has 0 saturated carbocycles. The van der Waals surface area contributed by atoms with Crippen LogP contribution in [0, 0.1) is 11.8 Å². The number of ether oxygens (including phenoxy) is 2. The smallest absolute Gasteiger partial charge is 0.312 e. The zero-order chi connectivity index (χ0) is 28.3. The van der Waals surface area contributed by atoms with Gasteiger partial charge in [-0.25, -0.2) is 0 Å². The summed E-state index contributed by atoms with van der Waals surface area (Å²) in [5, 5.41) is 10.6. The van der Waals surface area contributed by atoms with Crippen LogP contribution >= 0.6 is 15.9 Å². The predicted octanol–water partition coefficient (Wildman–Crippen LogP) is 3.79. The molecule has 3 fully saturated rings. The monoisotopic (exact) mass is 602 g/mol. The van der Waals surface area contributed by atoms with Crippen molar-refractivity contribution < 1.29 is 29.0 Å². The van der Waals surface area contributed by atoms with E-state index in [1.54, 1.807) is 17.1 Å². The maximum Gasteiger partial charge on any atom is 0.312 e. The van der Waals surface area contributed by atoms with Gasteiger partial charge < -0.3 is 24.4 Å². The van der Waals surface area contributed by atoms with Gasteiger partial charge in [-0.1, -0.05) is 71.8 Å². The molecule has 1 N–H and O–H groups in total. The Kier molecular flexibility index (Phi) is 9.34. The van der Waals surface area contributed by atoms with Crippen LogP contribution in [0.25, 0.3) is 0 Å². The van der Waals surface area contributed by atoms with Gasteiger partial charge in [0.2, 0.25) is 11.8 Å². The van der Waals surface area contributed by atoms with Crippen LogP contribution in [0.15, 0.2) is 55.6 Å². The van der Waals surface area contributed by atoms with Crippen LogP contribution in [-0.2, 0) is 23.9 Å². The second-order valence-electron chi connectivity index (χ2n) is 10.7. The Morgan fingerprint density at radius 2 is 2.03 bits per heavy atom. The van der Waals surface area contributed by atoms with Crippen molar-refractivity contribution in [3.63, 3.8) is 0 Å². The molecule has 4 rings (SSSR count). The van der Waals surface area contributed by atoms with E-state index in [9.17, 15) is 19.5 Å². The number of fused-ring (bicyclic) bond motifs is 1. The Morgan fingerprint density at radius 3 is 2.64 bits per heavy atom. The molecule has 3 saturated heterocycles. The van der Waals surface area contributed by atoms with E-state index in [0.29, 0.717) is 24.9 Å². The number of esters is 1. The van der Waals surface area contributed by atoms with Crippen molar-refractivity contribution in [2.24, 2.45) is 11.8 Å². The molecule has 39 heavy (non-hydrogen) atoms. The quantitative estimate of drug-likeness (QED) is 0.160. The number of hydrogen-bond donors (Lipinski definition) is 1. The second-order valence-corrected chi connectivity index (χ2v) is 11.9. The minimum absolute atomic E-state index is 0.102. The molecule has 8 atom stereocenters. The number of likely N-dealkylation sites (tertiary alicyclic amines) is 1. The summed E-state index contributed by atoms with van der Waals surface area (Å²) in [5.41, 5.74) is -0.530. The average Bonchev–Trinajstić information content (AvgIpc) is 3.52. The third-order valence-electron chi connectivity index (χ3n) is 8.34. The summed E-state index contributed by atoms with van der Waals surface area (Å²) in [7, 11) is 0. The lowest BCUT2D eigenvalue weighted by molar-refractivity contribution is -0.156. The van der Waals surface area contributed by atoms with Crippen molar-refractivity contribution in [1.29, 1.82) is 0 Å². The summed E-state index contributed by atoms with van der Waals surface area (Å²) in [4.78, 5) is 45.3. The number of carbonyl (C=O) groups is 3. The number of nitrogens with zero attached hydrogens (tertiary/aromatic N) is 2. The molecule has 0 aliphatic carbocycles. The van der Waals surface area contributed by atoms with Crippen molar-refractivity contribution in [2.45, 2.75) is 74.2 Å². The molecule has 2 bridgehead atoms. The van der Waals surface area contributed by atoms with Crippen molar-refractivity contribution in [1.82, 2.24) is 9.80 Å². The van der Waals surface area contributed by atoms with Crippen LogP contribution in [-0.4, -0.2) is 81.1 Å². The molecular formula is C30H39BrN2O6.